The zero-order valence-corrected chi connectivity index (χ0v) is 13.9. The van der Waals surface area contributed by atoms with E-state index in [9.17, 15) is 0 Å². The molecule has 2 nitrogen and oxygen atoms in total. The summed E-state index contributed by atoms with van der Waals surface area (Å²) >= 11 is 3.63. The van der Waals surface area contributed by atoms with Crippen LogP contribution in [0.5, 0.6) is 5.75 Å². The highest BCUT2D eigenvalue weighted by molar-refractivity contribution is 9.10. The molecule has 0 fully saturated rings. The number of unbranched alkanes of at least 4 members (excludes halogenated alkanes) is 3. The number of hydrogen-bond donors (Lipinski definition) is 1. The van der Waals surface area contributed by atoms with Gasteiger partial charge in [-0.05, 0) is 43.7 Å². The van der Waals surface area contributed by atoms with E-state index in [0.717, 1.165) is 12.2 Å². The van der Waals surface area contributed by atoms with E-state index < -0.39 is 0 Å². The summed E-state index contributed by atoms with van der Waals surface area (Å²) in [4.78, 5) is 0. The summed E-state index contributed by atoms with van der Waals surface area (Å²) in [5.41, 5.74) is 1.31. The van der Waals surface area contributed by atoms with Gasteiger partial charge in [0.1, 0.15) is 5.75 Å². The van der Waals surface area contributed by atoms with Crippen molar-refractivity contribution in [3.05, 3.63) is 28.2 Å². The fourth-order valence-corrected chi connectivity index (χ4v) is 2.67. The highest BCUT2D eigenvalue weighted by Gasteiger charge is 2.10. The van der Waals surface area contributed by atoms with Crippen molar-refractivity contribution in [3.8, 4) is 5.75 Å². The van der Waals surface area contributed by atoms with Gasteiger partial charge in [0, 0.05) is 10.5 Å². The van der Waals surface area contributed by atoms with E-state index in [0.29, 0.717) is 6.04 Å². The van der Waals surface area contributed by atoms with Crippen LogP contribution in [0.1, 0.15) is 44.6 Å². The van der Waals surface area contributed by atoms with Crippen LogP contribution in [0.25, 0.3) is 0 Å². The maximum Gasteiger partial charge on any atom is 0.119 e. The van der Waals surface area contributed by atoms with Gasteiger partial charge in [-0.1, -0.05) is 48.5 Å². The first kappa shape index (κ1) is 16.5. The number of methoxy groups -OCH3 is 1. The van der Waals surface area contributed by atoms with E-state index in [2.05, 4.69) is 47.4 Å². The average Bonchev–Trinajstić information content (AvgIpc) is 2.44. The molecule has 1 aromatic rings. The van der Waals surface area contributed by atoms with Crippen LogP contribution in [0.3, 0.4) is 0 Å². The molecule has 3 heteroatoms. The lowest BCUT2D eigenvalue weighted by Crippen LogP contribution is -2.27. The largest absolute Gasteiger partial charge is 0.497 e. The van der Waals surface area contributed by atoms with Gasteiger partial charge in [0.15, 0.2) is 0 Å². The van der Waals surface area contributed by atoms with Crippen molar-refractivity contribution in [1.82, 2.24) is 5.32 Å². The van der Waals surface area contributed by atoms with Gasteiger partial charge in [-0.25, -0.2) is 0 Å². The molecule has 19 heavy (non-hydrogen) atoms. The van der Waals surface area contributed by atoms with Crippen LogP contribution in [-0.2, 0) is 6.42 Å². The first-order valence-corrected chi connectivity index (χ1v) is 8.00. The Morgan fingerprint density at radius 3 is 2.68 bits per heavy atom. The van der Waals surface area contributed by atoms with Gasteiger partial charge >= 0.3 is 0 Å². The van der Waals surface area contributed by atoms with E-state index in [-0.39, 0.29) is 0 Å². The second-order valence-corrected chi connectivity index (χ2v) is 5.85. The fraction of sp³-hybridized carbons (Fsp3) is 0.625. The normalized spacial score (nSPS) is 12.4. The number of hydrogen-bond acceptors (Lipinski definition) is 2. The summed E-state index contributed by atoms with van der Waals surface area (Å²) < 4.78 is 6.47. The Balaban J connectivity index is 2.54. The van der Waals surface area contributed by atoms with E-state index in [1.807, 2.05) is 6.07 Å². The molecule has 1 atom stereocenters. The van der Waals surface area contributed by atoms with Crippen molar-refractivity contribution in [2.45, 2.75) is 51.5 Å². The Morgan fingerprint density at radius 2 is 2.05 bits per heavy atom. The summed E-state index contributed by atoms with van der Waals surface area (Å²) in [7, 11) is 3.77. The Bertz CT molecular complexity index is 368. The molecular weight excluding hydrogens is 302 g/mol. The molecule has 1 N–H and O–H groups in total. The number of ether oxygens (including phenoxy) is 1. The molecule has 1 aromatic carbocycles. The predicted octanol–water partition coefficient (Wildman–Crippen LogP) is 4.56. The number of rotatable bonds is 9. The summed E-state index contributed by atoms with van der Waals surface area (Å²) in [5.74, 6) is 0.930. The van der Waals surface area contributed by atoms with Gasteiger partial charge in [0.2, 0.25) is 0 Å². The second-order valence-electron chi connectivity index (χ2n) is 5.00. The van der Waals surface area contributed by atoms with Crippen molar-refractivity contribution in [2.75, 3.05) is 14.2 Å². The molecule has 0 aromatic heterocycles. The lowest BCUT2D eigenvalue weighted by atomic mass is 10.00. The molecule has 0 bridgehead atoms. The smallest absolute Gasteiger partial charge is 0.119 e. The van der Waals surface area contributed by atoms with Crippen LogP contribution in [0, 0.1) is 0 Å². The SMILES string of the molecule is CCCCCCC(Cc1cc(OC)ccc1Br)NC. The highest BCUT2D eigenvalue weighted by Crippen LogP contribution is 2.24. The third kappa shape index (κ3) is 5.96. The van der Waals surface area contributed by atoms with E-state index in [1.54, 1.807) is 7.11 Å². The Kier molecular flexibility index (Phi) is 8.15. The van der Waals surface area contributed by atoms with E-state index in [4.69, 9.17) is 4.74 Å². The van der Waals surface area contributed by atoms with Gasteiger partial charge < -0.3 is 10.1 Å². The van der Waals surface area contributed by atoms with Crippen LogP contribution in [0.2, 0.25) is 0 Å². The third-order valence-electron chi connectivity index (χ3n) is 3.53. The van der Waals surface area contributed by atoms with Crippen molar-refractivity contribution < 1.29 is 4.74 Å². The van der Waals surface area contributed by atoms with Crippen LogP contribution >= 0.6 is 15.9 Å². The topological polar surface area (TPSA) is 21.3 Å². The lowest BCUT2D eigenvalue weighted by Gasteiger charge is -2.17. The monoisotopic (exact) mass is 327 g/mol. The minimum absolute atomic E-state index is 0.542. The van der Waals surface area contributed by atoms with Gasteiger partial charge in [-0.15, -0.1) is 0 Å². The predicted molar refractivity (Wildman–Crippen MR) is 86.0 cm³/mol. The third-order valence-corrected chi connectivity index (χ3v) is 4.31. The maximum absolute atomic E-state index is 5.30. The van der Waals surface area contributed by atoms with Gasteiger partial charge in [-0.3, -0.25) is 0 Å². The molecule has 0 saturated heterocycles. The molecule has 0 amide bonds. The number of likely N-dealkylation sites (N-methyl/N-ethyl adjacent to an activating group) is 1. The molecule has 108 valence electrons. The molecule has 0 aliphatic heterocycles. The molecule has 0 aliphatic rings. The number of benzene rings is 1. The Labute approximate surface area is 126 Å². The van der Waals surface area contributed by atoms with Crippen molar-refractivity contribution in [2.24, 2.45) is 0 Å². The summed E-state index contributed by atoms with van der Waals surface area (Å²) in [6.45, 7) is 2.25. The molecule has 1 unspecified atom stereocenters. The van der Waals surface area contributed by atoms with Gasteiger partial charge in [0.25, 0.3) is 0 Å². The molecule has 0 radical (unpaired) electrons. The average molecular weight is 328 g/mol. The van der Waals surface area contributed by atoms with Crippen molar-refractivity contribution >= 4 is 15.9 Å². The fourth-order valence-electron chi connectivity index (χ4n) is 2.27. The van der Waals surface area contributed by atoms with Crippen LogP contribution < -0.4 is 10.1 Å². The molecule has 0 saturated carbocycles. The van der Waals surface area contributed by atoms with E-state index >= 15 is 0 Å². The highest BCUT2D eigenvalue weighted by atomic mass is 79.9. The van der Waals surface area contributed by atoms with E-state index in [1.165, 1.54) is 42.1 Å². The minimum atomic E-state index is 0.542. The van der Waals surface area contributed by atoms with Crippen LogP contribution in [0.4, 0.5) is 0 Å². The first-order chi connectivity index (χ1) is 9.21. The minimum Gasteiger partial charge on any atom is -0.497 e. The van der Waals surface area contributed by atoms with Gasteiger partial charge in [-0.2, -0.15) is 0 Å². The standard InChI is InChI=1S/C16H26BrNO/c1-4-5-6-7-8-14(18-2)11-13-12-15(19-3)9-10-16(13)17/h9-10,12,14,18H,4-8,11H2,1-3H3. The quantitative estimate of drug-likeness (QED) is 0.671. The van der Waals surface area contributed by atoms with Crippen LogP contribution in [-0.4, -0.2) is 20.2 Å². The molecule has 0 heterocycles. The maximum atomic E-state index is 5.30. The number of nitrogens with one attached hydrogen (secondary N) is 1. The molecule has 1 rings (SSSR count). The molecular formula is C16H26BrNO. The van der Waals surface area contributed by atoms with Crippen molar-refractivity contribution in [1.29, 1.82) is 0 Å². The summed E-state index contributed by atoms with van der Waals surface area (Å²) in [6, 6.07) is 6.72. The van der Waals surface area contributed by atoms with Gasteiger partial charge in [0.05, 0.1) is 7.11 Å². The molecule has 0 spiro atoms. The second kappa shape index (κ2) is 9.38. The lowest BCUT2D eigenvalue weighted by molar-refractivity contribution is 0.413. The van der Waals surface area contributed by atoms with Crippen molar-refractivity contribution in [3.63, 3.8) is 0 Å². The zero-order chi connectivity index (χ0) is 14.1. The van der Waals surface area contributed by atoms with Crippen LogP contribution in [0.15, 0.2) is 22.7 Å². The summed E-state index contributed by atoms with van der Waals surface area (Å²) in [5, 5.41) is 3.43. The Morgan fingerprint density at radius 1 is 1.26 bits per heavy atom. The zero-order valence-electron chi connectivity index (χ0n) is 12.3. The summed E-state index contributed by atoms with van der Waals surface area (Å²) in [6.07, 6.45) is 7.57. The Hall–Kier alpha value is -0.540. The first-order valence-electron chi connectivity index (χ1n) is 7.21. The molecule has 0 aliphatic carbocycles. The number of halogens is 1.